The molecule has 5 heteroatoms. The second-order valence-corrected chi connectivity index (χ2v) is 5.11. The van der Waals surface area contributed by atoms with E-state index >= 15 is 0 Å². The highest BCUT2D eigenvalue weighted by Crippen LogP contribution is 2.31. The van der Waals surface area contributed by atoms with Gasteiger partial charge in [0, 0.05) is 42.1 Å². The van der Waals surface area contributed by atoms with E-state index in [-0.39, 0.29) is 6.61 Å². The average Bonchev–Trinajstić information content (AvgIpc) is 2.90. The minimum Gasteiger partial charge on any atom is -0.395 e. The standard InChI is InChI=1S/C16H20N4O/c1-11-10-19-16(18-7-6-17-8-9-21)14-12-4-2-3-5-13(12)20-15(11)14/h2-5,10,17,20-21H,6-9H2,1H3,(H,18,19). The van der Waals surface area contributed by atoms with Gasteiger partial charge in [-0.15, -0.1) is 0 Å². The molecule has 0 spiro atoms. The number of aromatic nitrogens is 2. The fourth-order valence-corrected chi connectivity index (χ4v) is 2.58. The number of hydrogen-bond donors (Lipinski definition) is 4. The van der Waals surface area contributed by atoms with Gasteiger partial charge in [-0.3, -0.25) is 0 Å². The van der Waals surface area contributed by atoms with Gasteiger partial charge in [-0.2, -0.15) is 0 Å². The van der Waals surface area contributed by atoms with Crippen molar-refractivity contribution in [1.82, 2.24) is 15.3 Å². The summed E-state index contributed by atoms with van der Waals surface area (Å²) in [5.41, 5.74) is 3.41. The number of pyridine rings is 1. The van der Waals surface area contributed by atoms with Crippen molar-refractivity contribution in [2.75, 3.05) is 31.6 Å². The Bertz CT molecular complexity index is 750. The van der Waals surface area contributed by atoms with Crippen LogP contribution in [0.4, 0.5) is 5.82 Å². The van der Waals surface area contributed by atoms with E-state index in [9.17, 15) is 0 Å². The average molecular weight is 284 g/mol. The van der Waals surface area contributed by atoms with Crippen molar-refractivity contribution < 1.29 is 5.11 Å². The number of benzene rings is 1. The predicted molar refractivity (Wildman–Crippen MR) is 86.8 cm³/mol. The molecule has 0 radical (unpaired) electrons. The Morgan fingerprint density at radius 3 is 2.90 bits per heavy atom. The van der Waals surface area contributed by atoms with Crippen LogP contribution in [0.3, 0.4) is 0 Å². The molecule has 0 fully saturated rings. The first-order chi connectivity index (χ1) is 10.3. The highest BCUT2D eigenvalue weighted by Gasteiger charge is 2.11. The van der Waals surface area contributed by atoms with E-state index in [1.807, 2.05) is 18.3 Å². The topological polar surface area (TPSA) is 73.0 Å². The molecule has 1 aromatic carbocycles. The zero-order valence-corrected chi connectivity index (χ0v) is 12.1. The molecule has 0 atom stereocenters. The molecule has 0 aliphatic heterocycles. The van der Waals surface area contributed by atoms with Gasteiger partial charge in [-0.05, 0) is 18.6 Å². The van der Waals surface area contributed by atoms with Gasteiger partial charge in [-0.1, -0.05) is 18.2 Å². The van der Waals surface area contributed by atoms with Crippen LogP contribution in [0.25, 0.3) is 21.8 Å². The first-order valence-corrected chi connectivity index (χ1v) is 7.22. The Morgan fingerprint density at radius 1 is 1.19 bits per heavy atom. The first-order valence-electron chi connectivity index (χ1n) is 7.22. The summed E-state index contributed by atoms with van der Waals surface area (Å²) in [5, 5.41) is 17.6. The molecule has 5 nitrogen and oxygen atoms in total. The molecule has 4 N–H and O–H groups in total. The zero-order chi connectivity index (χ0) is 14.7. The third kappa shape index (κ3) is 2.70. The number of hydrogen-bond acceptors (Lipinski definition) is 4. The number of nitrogens with zero attached hydrogens (tertiary/aromatic N) is 1. The van der Waals surface area contributed by atoms with Gasteiger partial charge in [0.05, 0.1) is 12.1 Å². The van der Waals surface area contributed by atoms with Crippen LogP contribution < -0.4 is 10.6 Å². The third-order valence-electron chi connectivity index (χ3n) is 3.61. The van der Waals surface area contributed by atoms with Gasteiger partial charge in [0.1, 0.15) is 5.82 Å². The summed E-state index contributed by atoms with van der Waals surface area (Å²) in [6.07, 6.45) is 1.89. The van der Waals surface area contributed by atoms with E-state index in [1.54, 1.807) is 0 Å². The predicted octanol–water partition coefficient (Wildman–Crippen LogP) is 2.02. The summed E-state index contributed by atoms with van der Waals surface area (Å²) in [6, 6.07) is 8.28. The van der Waals surface area contributed by atoms with Gasteiger partial charge in [0.25, 0.3) is 0 Å². The van der Waals surface area contributed by atoms with Gasteiger partial charge >= 0.3 is 0 Å². The molecular formula is C16H20N4O. The lowest BCUT2D eigenvalue weighted by Crippen LogP contribution is -2.25. The maximum atomic E-state index is 8.75. The van der Waals surface area contributed by atoms with Crippen LogP contribution in [0.15, 0.2) is 30.5 Å². The highest BCUT2D eigenvalue weighted by atomic mass is 16.3. The van der Waals surface area contributed by atoms with Gasteiger partial charge in [0.2, 0.25) is 0 Å². The lowest BCUT2D eigenvalue weighted by molar-refractivity contribution is 0.293. The number of rotatable bonds is 6. The second kappa shape index (κ2) is 6.11. The van der Waals surface area contributed by atoms with E-state index in [2.05, 4.69) is 39.7 Å². The summed E-state index contributed by atoms with van der Waals surface area (Å²) in [7, 11) is 0. The first kappa shape index (κ1) is 13.9. The maximum Gasteiger partial charge on any atom is 0.136 e. The maximum absolute atomic E-state index is 8.75. The van der Waals surface area contributed by atoms with Crippen LogP contribution in [-0.4, -0.2) is 41.3 Å². The molecule has 0 unspecified atom stereocenters. The van der Waals surface area contributed by atoms with Gasteiger partial charge in [0.15, 0.2) is 0 Å². The molecule has 3 rings (SSSR count). The molecule has 21 heavy (non-hydrogen) atoms. The Labute approximate surface area is 123 Å². The number of para-hydroxylation sites is 1. The van der Waals surface area contributed by atoms with E-state index in [4.69, 9.17) is 5.11 Å². The number of aryl methyl sites for hydroxylation is 1. The van der Waals surface area contributed by atoms with Crippen molar-refractivity contribution >= 4 is 27.6 Å². The summed E-state index contributed by atoms with van der Waals surface area (Å²) in [5.74, 6) is 0.902. The number of H-pyrrole nitrogens is 1. The number of anilines is 1. The van der Waals surface area contributed by atoms with Crippen molar-refractivity contribution in [3.63, 3.8) is 0 Å². The Balaban J connectivity index is 1.93. The molecular weight excluding hydrogens is 264 g/mol. The van der Waals surface area contributed by atoms with Crippen molar-refractivity contribution in [2.24, 2.45) is 0 Å². The normalized spacial score (nSPS) is 11.3. The minimum absolute atomic E-state index is 0.162. The lowest BCUT2D eigenvalue weighted by atomic mass is 10.1. The number of fused-ring (bicyclic) bond motifs is 3. The molecule has 0 amide bonds. The fraction of sp³-hybridized carbons (Fsp3) is 0.312. The van der Waals surface area contributed by atoms with Crippen LogP contribution in [0, 0.1) is 6.92 Å². The summed E-state index contributed by atoms with van der Waals surface area (Å²) in [6.45, 7) is 4.41. The SMILES string of the molecule is Cc1cnc(NCCNCCO)c2c1[nH]c1ccccc12. The fourth-order valence-electron chi connectivity index (χ4n) is 2.58. The Morgan fingerprint density at radius 2 is 2.05 bits per heavy atom. The smallest absolute Gasteiger partial charge is 0.136 e. The van der Waals surface area contributed by atoms with Crippen molar-refractivity contribution in [3.8, 4) is 0 Å². The van der Waals surface area contributed by atoms with Crippen molar-refractivity contribution in [3.05, 3.63) is 36.0 Å². The second-order valence-electron chi connectivity index (χ2n) is 5.11. The third-order valence-corrected chi connectivity index (χ3v) is 3.61. The summed E-state index contributed by atoms with van der Waals surface area (Å²) < 4.78 is 0. The van der Waals surface area contributed by atoms with E-state index in [0.29, 0.717) is 6.54 Å². The molecule has 2 heterocycles. The van der Waals surface area contributed by atoms with Crippen LogP contribution in [0.5, 0.6) is 0 Å². The van der Waals surface area contributed by atoms with Crippen molar-refractivity contribution in [2.45, 2.75) is 6.92 Å². The molecule has 3 aromatic rings. The molecule has 0 saturated heterocycles. The zero-order valence-electron chi connectivity index (χ0n) is 12.1. The number of aliphatic hydroxyl groups excluding tert-OH is 1. The molecule has 110 valence electrons. The van der Waals surface area contributed by atoms with Gasteiger partial charge in [-0.25, -0.2) is 4.98 Å². The van der Waals surface area contributed by atoms with Crippen LogP contribution in [-0.2, 0) is 0 Å². The largest absolute Gasteiger partial charge is 0.395 e. The van der Waals surface area contributed by atoms with Crippen LogP contribution in [0.1, 0.15) is 5.56 Å². The molecule has 0 aliphatic rings. The highest BCUT2D eigenvalue weighted by molar-refractivity contribution is 6.13. The molecule has 0 aliphatic carbocycles. The molecule has 0 saturated carbocycles. The quantitative estimate of drug-likeness (QED) is 0.523. The Kier molecular flexibility index (Phi) is 4.03. The molecule has 2 aromatic heterocycles. The minimum atomic E-state index is 0.162. The van der Waals surface area contributed by atoms with E-state index < -0.39 is 0 Å². The van der Waals surface area contributed by atoms with E-state index in [1.165, 1.54) is 5.39 Å². The lowest BCUT2D eigenvalue weighted by Gasteiger charge is -2.09. The van der Waals surface area contributed by atoms with Crippen LogP contribution in [0.2, 0.25) is 0 Å². The monoisotopic (exact) mass is 284 g/mol. The number of aromatic amines is 1. The molecule has 0 bridgehead atoms. The number of aliphatic hydroxyl groups is 1. The van der Waals surface area contributed by atoms with E-state index in [0.717, 1.165) is 40.9 Å². The van der Waals surface area contributed by atoms with Crippen molar-refractivity contribution in [1.29, 1.82) is 0 Å². The summed E-state index contributed by atoms with van der Waals surface area (Å²) in [4.78, 5) is 8.01. The van der Waals surface area contributed by atoms with Crippen LogP contribution >= 0.6 is 0 Å². The van der Waals surface area contributed by atoms with Gasteiger partial charge < -0.3 is 20.7 Å². The summed E-state index contributed by atoms with van der Waals surface area (Å²) >= 11 is 0. The Hall–Kier alpha value is -2.11. The number of nitrogens with one attached hydrogen (secondary N) is 3.